The molecule has 0 unspecified atom stereocenters. The Bertz CT molecular complexity index is 428. The Morgan fingerprint density at radius 2 is 2.13 bits per heavy atom. The van der Waals surface area contributed by atoms with E-state index in [0.717, 1.165) is 77.0 Å². The third-order valence-electron chi connectivity index (χ3n) is 3.84. The molecule has 2 heterocycles. The average Bonchev–Trinajstić information content (AvgIpc) is 3.09. The Labute approximate surface area is 139 Å². The molecule has 2 N–H and O–H groups in total. The van der Waals surface area contributed by atoms with Crippen LogP contribution in [0.15, 0.2) is 27.8 Å². The Kier molecular flexibility index (Phi) is 8.58. The van der Waals surface area contributed by atoms with Crippen LogP contribution in [-0.2, 0) is 11.2 Å². The van der Waals surface area contributed by atoms with Crippen molar-refractivity contribution < 1.29 is 9.15 Å². The molecule has 1 aromatic rings. The molecule has 1 aromatic heterocycles. The normalized spacial score (nSPS) is 16.5. The molecule has 2 rings (SSSR count). The maximum absolute atomic E-state index is 5.36. The van der Waals surface area contributed by atoms with Crippen molar-refractivity contribution in [1.29, 1.82) is 0 Å². The lowest BCUT2D eigenvalue weighted by molar-refractivity contribution is 0.0373. The number of guanidine groups is 1. The number of aliphatic imine (C=N–C) groups is 1. The summed E-state index contributed by atoms with van der Waals surface area (Å²) in [4.78, 5) is 7.11. The molecule has 1 aliphatic rings. The van der Waals surface area contributed by atoms with Crippen LogP contribution in [-0.4, -0.2) is 63.3 Å². The third kappa shape index (κ3) is 7.52. The number of nitrogens with one attached hydrogen (secondary N) is 2. The summed E-state index contributed by atoms with van der Waals surface area (Å²) < 4.78 is 10.7. The van der Waals surface area contributed by atoms with Gasteiger partial charge in [0, 0.05) is 39.1 Å². The number of ether oxygens (including phenoxy) is 1. The SMILES string of the molecule is CCNC(=NCCCCN1CCOCC1)NCCc1ccco1. The van der Waals surface area contributed by atoms with E-state index in [0.29, 0.717) is 0 Å². The number of rotatable bonds is 9. The summed E-state index contributed by atoms with van der Waals surface area (Å²) >= 11 is 0. The lowest BCUT2D eigenvalue weighted by Crippen LogP contribution is -2.38. The van der Waals surface area contributed by atoms with Gasteiger partial charge in [-0.25, -0.2) is 0 Å². The summed E-state index contributed by atoms with van der Waals surface area (Å²) in [6, 6.07) is 3.92. The van der Waals surface area contributed by atoms with Crippen molar-refractivity contribution in [3.8, 4) is 0 Å². The smallest absolute Gasteiger partial charge is 0.191 e. The van der Waals surface area contributed by atoms with Crippen molar-refractivity contribution in [1.82, 2.24) is 15.5 Å². The van der Waals surface area contributed by atoms with Gasteiger partial charge in [-0.3, -0.25) is 9.89 Å². The lowest BCUT2D eigenvalue weighted by atomic mass is 10.3. The first kappa shape index (κ1) is 17.8. The van der Waals surface area contributed by atoms with Crippen LogP contribution in [0.4, 0.5) is 0 Å². The van der Waals surface area contributed by atoms with Crippen LogP contribution in [0.3, 0.4) is 0 Å². The van der Waals surface area contributed by atoms with Gasteiger partial charge in [0.25, 0.3) is 0 Å². The number of hydrogen-bond acceptors (Lipinski definition) is 4. The fourth-order valence-corrected chi connectivity index (χ4v) is 2.56. The predicted octanol–water partition coefficient (Wildman–Crippen LogP) is 1.49. The van der Waals surface area contributed by atoms with Gasteiger partial charge in [-0.15, -0.1) is 0 Å². The van der Waals surface area contributed by atoms with E-state index < -0.39 is 0 Å². The molecule has 1 fully saturated rings. The van der Waals surface area contributed by atoms with E-state index in [2.05, 4.69) is 27.4 Å². The molecule has 0 aromatic carbocycles. The molecule has 0 atom stereocenters. The summed E-state index contributed by atoms with van der Waals surface area (Å²) in [7, 11) is 0. The molecule has 0 spiro atoms. The molecule has 6 nitrogen and oxygen atoms in total. The molecule has 0 saturated carbocycles. The molecule has 130 valence electrons. The van der Waals surface area contributed by atoms with Gasteiger partial charge in [-0.1, -0.05) is 0 Å². The Morgan fingerprint density at radius 3 is 2.87 bits per heavy atom. The first-order chi connectivity index (χ1) is 11.4. The van der Waals surface area contributed by atoms with E-state index in [1.807, 2.05) is 12.1 Å². The number of nitrogens with zero attached hydrogens (tertiary/aromatic N) is 2. The molecule has 0 amide bonds. The summed E-state index contributed by atoms with van der Waals surface area (Å²) in [5.74, 6) is 1.89. The number of hydrogen-bond donors (Lipinski definition) is 2. The first-order valence-electron chi connectivity index (χ1n) is 8.73. The Balaban J connectivity index is 1.58. The summed E-state index contributed by atoms with van der Waals surface area (Å²) in [6.07, 6.45) is 4.89. The zero-order chi connectivity index (χ0) is 16.2. The van der Waals surface area contributed by atoms with Crippen LogP contribution in [0.2, 0.25) is 0 Å². The highest BCUT2D eigenvalue weighted by atomic mass is 16.5. The second-order valence-electron chi connectivity index (χ2n) is 5.68. The van der Waals surface area contributed by atoms with Gasteiger partial charge in [-0.2, -0.15) is 0 Å². The molecule has 0 aliphatic carbocycles. The van der Waals surface area contributed by atoms with Crippen LogP contribution < -0.4 is 10.6 Å². The fraction of sp³-hybridized carbons (Fsp3) is 0.706. The van der Waals surface area contributed by atoms with Crippen LogP contribution in [0.25, 0.3) is 0 Å². The van der Waals surface area contributed by atoms with E-state index in [-0.39, 0.29) is 0 Å². The average molecular weight is 322 g/mol. The van der Waals surface area contributed by atoms with Crippen molar-refractivity contribution in [2.75, 3.05) is 52.5 Å². The van der Waals surface area contributed by atoms with Crippen LogP contribution >= 0.6 is 0 Å². The minimum Gasteiger partial charge on any atom is -0.469 e. The standard InChI is InChI=1S/C17H30N4O2/c1-2-18-17(20-9-7-16-6-5-13-23-16)19-8-3-4-10-21-11-14-22-15-12-21/h5-6,13H,2-4,7-12,14-15H2,1H3,(H2,18,19,20). The maximum Gasteiger partial charge on any atom is 0.191 e. The molecule has 23 heavy (non-hydrogen) atoms. The van der Waals surface area contributed by atoms with Gasteiger partial charge in [0.2, 0.25) is 0 Å². The van der Waals surface area contributed by atoms with Gasteiger partial charge in [0.15, 0.2) is 5.96 Å². The Morgan fingerprint density at radius 1 is 1.26 bits per heavy atom. The van der Waals surface area contributed by atoms with E-state index in [4.69, 9.17) is 9.15 Å². The molecular formula is C17H30N4O2. The second-order valence-corrected chi connectivity index (χ2v) is 5.68. The van der Waals surface area contributed by atoms with E-state index in [9.17, 15) is 0 Å². The van der Waals surface area contributed by atoms with Crippen LogP contribution in [0.1, 0.15) is 25.5 Å². The molecular weight excluding hydrogens is 292 g/mol. The van der Waals surface area contributed by atoms with Gasteiger partial charge in [-0.05, 0) is 38.4 Å². The van der Waals surface area contributed by atoms with Crippen LogP contribution in [0, 0.1) is 0 Å². The second kappa shape index (κ2) is 11.1. The summed E-state index contributed by atoms with van der Waals surface area (Å²) in [5, 5.41) is 6.64. The summed E-state index contributed by atoms with van der Waals surface area (Å²) in [5.41, 5.74) is 0. The zero-order valence-corrected chi connectivity index (χ0v) is 14.2. The van der Waals surface area contributed by atoms with E-state index in [1.165, 1.54) is 6.42 Å². The Hall–Kier alpha value is -1.53. The van der Waals surface area contributed by atoms with Crippen LogP contribution in [0.5, 0.6) is 0 Å². The quantitative estimate of drug-likeness (QED) is 0.410. The molecule has 0 bridgehead atoms. The largest absolute Gasteiger partial charge is 0.469 e. The molecule has 1 saturated heterocycles. The zero-order valence-electron chi connectivity index (χ0n) is 14.2. The minimum absolute atomic E-state index is 0.827. The molecule has 0 radical (unpaired) electrons. The fourth-order valence-electron chi connectivity index (χ4n) is 2.56. The van der Waals surface area contributed by atoms with Crippen molar-refractivity contribution in [3.05, 3.63) is 24.2 Å². The van der Waals surface area contributed by atoms with Gasteiger partial charge >= 0.3 is 0 Å². The molecule has 1 aliphatic heterocycles. The highest BCUT2D eigenvalue weighted by Crippen LogP contribution is 2.01. The lowest BCUT2D eigenvalue weighted by Gasteiger charge is -2.26. The van der Waals surface area contributed by atoms with Crippen molar-refractivity contribution >= 4 is 5.96 Å². The minimum atomic E-state index is 0.827. The van der Waals surface area contributed by atoms with E-state index >= 15 is 0 Å². The van der Waals surface area contributed by atoms with Crippen molar-refractivity contribution in [2.45, 2.75) is 26.2 Å². The molecule has 6 heteroatoms. The number of morpholine rings is 1. The van der Waals surface area contributed by atoms with E-state index in [1.54, 1.807) is 6.26 Å². The highest BCUT2D eigenvalue weighted by Gasteiger charge is 2.08. The van der Waals surface area contributed by atoms with Gasteiger partial charge < -0.3 is 19.8 Å². The first-order valence-corrected chi connectivity index (χ1v) is 8.73. The monoisotopic (exact) mass is 322 g/mol. The highest BCUT2D eigenvalue weighted by molar-refractivity contribution is 5.79. The van der Waals surface area contributed by atoms with Crippen molar-refractivity contribution in [3.63, 3.8) is 0 Å². The van der Waals surface area contributed by atoms with Gasteiger partial charge in [0.05, 0.1) is 19.5 Å². The topological polar surface area (TPSA) is 62.0 Å². The third-order valence-corrected chi connectivity index (χ3v) is 3.84. The predicted molar refractivity (Wildman–Crippen MR) is 92.9 cm³/mol. The maximum atomic E-state index is 5.36. The summed E-state index contributed by atoms with van der Waals surface area (Å²) in [6.45, 7) is 9.70. The number of furan rings is 1. The number of unbranched alkanes of at least 4 members (excludes halogenated alkanes) is 1. The van der Waals surface area contributed by atoms with Gasteiger partial charge in [0.1, 0.15) is 5.76 Å². The van der Waals surface area contributed by atoms with Crippen molar-refractivity contribution in [2.24, 2.45) is 4.99 Å².